The minimum absolute atomic E-state index is 0.128. The Hall–Kier alpha value is -3.03. The van der Waals surface area contributed by atoms with Crippen LogP contribution < -0.4 is 19.9 Å². The molecule has 1 aromatic heterocycles. The minimum Gasteiger partial charge on any atom is -0.493 e. The lowest BCUT2D eigenvalue weighted by atomic mass is 10.1. The van der Waals surface area contributed by atoms with E-state index in [4.69, 9.17) is 24.7 Å². The smallest absolute Gasteiger partial charge is 0.254 e. The van der Waals surface area contributed by atoms with Gasteiger partial charge in [0.2, 0.25) is 5.75 Å². The fourth-order valence-electron chi connectivity index (χ4n) is 2.63. The maximum absolute atomic E-state index is 6.14. The number of nitrogen functional groups attached to an aromatic ring is 1. The number of methoxy groups -OCH3 is 3. The highest BCUT2D eigenvalue weighted by Crippen LogP contribution is 2.38. The molecule has 0 saturated heterocycles. The summed E-state index contributed by atoms with van der Waals surface area (Å²) in [5, 5.41) is 0. The van der Waals surface area contributed by atoms with E-state index in [0.29, 0.717) is 42.0 Å². The van der Waals surface area contributed by atoms with Crippen LogP contribution in [0.3, 0.4) is 0 Å². The number of hydrogen-bond donors (Lipinski definition) is 1. The Balaban J connectivity index is 2.32. The van der Waals surface area contributed by atoms with Crippen molar-refractivity contribution in [2.24, 2.45) is 10.9 Å². The van der Waals surface area contributed by atoms with Gasteiger partial charge >= 0.3 is 0 Å². The first kappa shape index (κ1) is 21.3. The molecule has 0 aliphatic heterocycles. The fourth-order valence-corrected chi connectivity index (χ4v) is 2.63. The molecular weight excluding hydrogens is 360 g/mol. The van der Waals surface area contributed by atoms with Gasteiger partial charge in [-0.25, -0.2) is 4.98 Å². The minimum atomic E-state index is 0.128. The zero-order valence-corrected chi connectivity index (χ0v) is 17.3. The van der Waals surface area contributed by atoms with Crippen molar-refractivity contribution in [3.8, 4) is 17.2 Å². The van der Waals surface area contributed by atoms with Gasteiger partial charge in [-0.2, -0.15) is 9.98 Å². The monoisotopic (exact) mass is 388 g/mol. The number of rotatable bonds is 8. The van der Waals surface area contributed by atoms with Crippen molar-refractivity contribution in [1.29, 1.82) is 0 Å². The molecule has 0 unspecified atom stereocenters. The van der Waals surface area contributed by atoms with Gasteiger partial charge in [-0.15, -0.1) is 0 Å². The summed E-state index contributed by atoms with van der Waals surface area (Å²) in [7, 11) is 4.73. The third-order valence-electron chi connectivity index (χ3n) is 4.00. The van der Waals surface area contributed by atoms with Gasteiger partial charge in [0.05, 0.1) is 27.9 Å². The molecule has 0 amide bonds. The zero-order chi connectivity index (χ0) is 20.7. The largest absolute Gasteiger partial charge is 0.493 e. The maximum Gasteiger partial charge on any atom is 0.254 e. The van der Waals surface area contributed by atoms with Crippen LogP contribution in [0.25, 0.3) is 0 Å². The van der Waals surface area contributed by atoms with E-state index in [1.807, 2.05) is 32.9 Å². The van der Waals surface area contributed by atoms with Crippen molar-refractivity contribution in [2.45, 2.75) is 27.2 Å². The van der Waals surface area contributed by atoms with Gasteiger partial charge in [0.25, 0.3) is 5.95 Å². The summed E-state index contributed by atoms with van der Waals surface area (Å²) in [4.78, 5) is 13.0. The quantitative estimate of drug-likeness (QED) is 0.546. The number of hydrogen-bond acceptors (Lipinski definition) is 8. The second-order valence-electron chi connectivity index (χ2n) is 6.33. The van der Waals surface area contributed by atoms with E-state index in [1.165, 1.54) is 0 Å². The molecule has 152 valence electrons. The number of nitrogens with zero attached hydrogens (tertiary/aromatic N) is 3. The van der Waals surface area contributed by atoms with Crippen LogP contribution in [0.2, 0.25) is 0 Å². The second-order valence-corrected chi connectivity index (χ2v) is 6.33. The molecule has 0 saturated carbocycles. The Morgan fingerprint density at radius 1 is 1.11 bits per heavy atom. The molecule has 0 spiro atoms. The summed E-state index contributed by atoms with van der Waals surface area (Å²) >= 11 is 0. The molecule has 2 rings (SSSR count). The van der Waals surface area contributed by atoms with E-state index < -0.39 is 0 Å². The van der Waals surface area contributed by atoms with E-state index in [1.54, 1.807) is 27.5 Å². The van der Waals surface area contributed by atoms with Crippen molar-refractivity contribution >= 4 is 17.7 Å². The third kappa shape index (κ3) is 5.03. The van der Waals surface area contributed by atoms with E-state index >= 15 is 0 Å². The van der Waals surface area contributed by atoms with Gasteiger partial charge in [0, 0.05) is 24.1 Å². The third-order valence-corrected chi connectivity index (χ3v) is 4.00. The van der Waals surface area contributed by atoms with E-state index in [2.05, 4.69) is 15.0 Å². The van der Waals surface area contributed by atoms with Crippen LogP contribution in [0, 0.1) is 5.92 Å². The van der Waals surface area contributed by atoms with Gasteiger partial charge in [0.15, 0.2) is 17.4 Å². The topological polar surface area (TPSA) is 101 Å². The van der Waals surface area contributed by atoms with Crippen molar-refractivity contribution in [3.05, 3.63) is 29.5 Å². The molecule has 0 atom stereocenters. The molecule has 1 aromatic carbocycles. The number of nitrogens with two attached hydrogens (primary N) is 1. The Kier molecular flexibility index (Phi) is 7.43. The molecule has 0 radical (unpaired) electrons. The van der Waals surface area contributed by atoms with Crippen LogP contribution in [0.15, 0.2) is 23.3 Å². The highest BCUT2D eigenvalue weighted by molar-refractivity contribution is 5.80. The Labute approximate surface area is 165 Å². The van der Waals surface area contributed by atoms with Crippen LogP contribution in [0.4, 0.5) is 11.8 Å². The highest BCUT2D eigenvalue weighted by atomic mass is 16.5. The fraction of sp³-hybridized carbons (Fsp3) is 0.450. The van der Waals surface area contributed by atoms with Gasteiger partial charge in [-0.3, -0.25) is 0 Å². The molecule has 2 N–H and O–H groups in total. The number of anilines is 1. The Morgan fingerprint density at radius 3 is 2.21 bits per heavy atom. The van der Waals surface area contributed by atoms with Crippen LogP contribution >= 0.6 is 0 Å². The van der Waals surface area contributed by atoms with E-state index in [-0.39, 0.29) is 11.9 Å². The van der Waals surface area contributed by atoms with Crippen LogP contribution in [0.1, 0.15) is 31.9 Å². The highest BCUT2D eigenvalue weighted by Gasteiger charge is 2.15. The number of aliphatic imine (C=N–C) groups is 1. The Morgan fingerprint density at radius 2 is 1.75 bits per heavy atom. The summed E-state index contributed by atoms with van der Waals surface area (Å²) in [6.07, 6.45) is 2.18. The lowest BCUT2D eigenvalue weighted by Gasteiger charge is -2.14. The molecule has 2 aromatic rings. The average Bonchev–Trinajstić information content (AvgIpc) is 2.68. The number of benzene rings is 1. The zero-order valence-electron chi connectivity index (χ0n) is 17.3. The van der Waals surface area contributed by atoms with Crippen LogP contribution in [0.5, 0.6) is 17.2 Å². The number of ether oxygens (including phenoxy) is 4. The van der Waals surface area contributed by atoms with Crippen molar-refractivity contribution in [3.63, 3.8) is 0 Å². The molecule has 0 aliphatic rings. The summed E-state index contributed by atoms with van der Waals surface area (Å²) in [5.74, 6) is 3.06. The molecule has 28 heavy (non-hydrogen) atoms. The van der Waals surface area contributed by atoms with Gasteiger partial charge < -0.3 is 24.7 Å². The van der Waals surface area contributed by atoms with Crippen molar-refractivity contribution in [1.82, 2.24) is 9.97 Å². The maximum atomic E-state index is 6.14. The summed E-state index contributed by atoms with van der Waals surface area (Å²) < 4.78 is 21.7. The summed E-state index contributed by atoms with van der Waals surface area (Å²) in [5.41, 5.74) is 7.85. The lowest BCUT2D eigenvalue weighted by molar-refractivity contribution is 0.306. The Bertz CT molecular complexity index is 812. The van der Waals surface area contributed by atoms with Crippen molar-refractivity contribution < 1.29 is 18.9 Å². The molecule has 0 aliphatic carbocycles. The van der Waals surface area contributed by atoms with Crippen LogP contribution in [-0.4, -0.2) is 43.8 Å². The van der Waals surface area contributed by atoms with Gasteiger partial charge in [-0.05, 0) is 24.6 Å². The first-order valence-corrected chi connectivity index (χ1v) is 9.05. The van der Waals surface area contributed by atoms with E-state index in [0.717, 1.165) is 11.1 Å². The molecule has 1 heterocycles. The SMILES string of the molecule is CCOC(=Nc1ncc(Cc2cc(OC)c(OC)c(OC)c2)c(N)n1)C(C)C. The van der Waals surface area contributed by atoms with Gasteiger partial charge in [0.1, 0.15) is 5.82 Å². The standard InChI is InChI=1S/C20H28N4O4/c1-7-28-19(12(2)3)24-20-22-11-14(18(21)23-20)8-13-9-15(25-4)17(27-6)16(10-13)26-5/h9-12H,7-8H2,1-6H3,(H2,21,22,23). The molecule has 8 heteroatoms. The first-order chi connectivity index (χ1) is 13.4. The summed E-state index contributed by atoms with van der Waals surface area (Å²) in [6, 6.07) is 3.75. The molecule has 0 fully saturated rings. The average molecular weight is 388 g/mol. The second kappa shape index (κ2) is 9.77. The number of aromatic nitrogens is 2. The van der Waals surface area contributed by atoms with Crippen LogP contribution in [-0.2, 0) is 11.2 Å². The molecular formula is C20H28N4O4. The van der Waals surface area contributed by atoms with Gasteiger partial charge in [-0.1, -0.05) is 13.8 Å². The predicted molar refractivity (Wildman–Crippen MR) is 109 cm³/mol. The molecule has 0 bridgehead atoms. The lowest BCUT2D eigenvalue weighted by Crippen LogP contribution is -2.12. The van der Waals surface area contributed by atoms with Crippen molar-refractivity contribution in [2.75, 3.05) is 33.7 Å². The molecule has 8 nitrogen and oxygen atoms in total. The first-order valence-electron chi connectivity index (χ1n) is 9.05. The predicted octanol–water partition coefficient (Wildman–Crippen LogP) is 3.40. The van der Waals surface area contributed by atoms with E-state index in [9.17, 15) is 0 Å². The summed E-state index contributed by atoms with van der Waals surface area (Å²) in [6.45, 7) is 6.44. The normalized spacial score (nSPS) is 11.5.